The molecule has 0 unspecified atom stereocenters. The standard InChI is InChI=1S/C14H15N3O4S/c18-12-15-4-5-17(12)13(19)16-9-14(20,10-3-7-22-8-10)11-2-1-6-21-11/h1-3,6-8,20H,4-5,9H2,(H,15,18)(H,16,19)/t14-/m0/s1. The molecule has 3 N–H and O–H groups in total. The first kappa shape index (κ1) is 14.6. The maximum Gasteiger partial charge on any atom is 0.325 e. The van der Waals surface area contributed by atoms with E-state index < -0.39 is 17.7 Å². The van der Waals surface area contributed by atoms with Gasteiger partial charge < -0.3 is 20.2 Å². The molecule has 0 bridgehead atoms. The molecule has 22 heavy (non-hydrogen) atoms. The van der Waals surface area contributed by atoms with Crippen LogP contribution in [0.5, 0.6) is 0 Å². The van der Waals surface area contributed by atoms with Gasteiger partial charge in [0.05, 0.1) is 12.8 Å². The number of imide groups is 1. The molecule has 2 aromatic rings. The summed E-state index contributed by atoms with van der Waals surface area (Å²) in [5.41, 5.74) is -0.853. The van der Waals surface area contributed by atoms with E-state index in [1.165, 1.54) is 17.6 Å². The van der Waals surface area contributed by atoms with E-state index in [0.29, 0.717) is 24.4 Å². The lowest BCUT2D eigenvalue weighted by Gasteiger charge is -2.26. The average Bonchev–Trinajstić information content (AvgIpc) is 3.24. The molecule has 3 rings (SSSR count). The number of hydrogen-bond donors (Lipinski definition) is 3. The molecule has 1 aliphatic heterocycles. The smallest absolute Gasteiger partial charge is 0.325 e. The lowest BCUT2D eigenvalue weighted by Crippen LogP contribution is -2.47. The highest BCUT2D eigenvalue weighted by atomic mass is 32.1. The number of nitrogens with one attached hydrogen (secondary N) is 2. The van der Waals surface area contributed by atoms with Crippen LogP contribution in [0.15, 0.2) is 39.6 Å². The summed E-state index contributed by atoms with van der Waals surface area (Å²) in [6.07, 6.45) is 1.46. The number of carbonyl (C=O) groups is 2. The van der Waals surface area contributed by atoms with Gasteiger partial charge in [-0.1, -0.05) is 0 Å². The normalized spacial score (nSPS) is 17.1. The Balaban J connectivity index is 1.77. The molecule has 4 amide bonds. The van der Waals surface area contributed by atoms with Crippen molar-refractivity contribution in [2.75, 3.05) is 19.6 Å². The maximum atomic E-state index is 12.1. The summed E-state index contributed by atoms with van der Waals surface area (Å²) in [5.74, 6) is 0.331. The fourth-order valence-corrected chi connectivity index (χ4v) is 3.03. The van der Waals surface area contributed by atoms with Crippen LogP contribution in [0.1, 0.15) is 11.3 Å². The minimum absolute atomic E-state index is 0.0974. The SMILES string of the molecule is O=C1NCCN1C(=O)NC[C@](O)(c1ccsc1)c1ccco1. The third-order valence-corrected chi connectivity index (χ3v) is 4.21. The van der Waals surface area contributed by atoms with Crippen LogP contribution in [0.3, 0.4) is 0 Å². The summed E-state index contributed by atoms with van der Waals surface area (Å²) in [4.78, 5) is 24.6. The zero-order valence-corrected chi connectivity index (χ0v) is 12.4. The van der Waals surface area contributed by atoms with Crippen LogP contribution in [0.25, 0.3) is 0 Å². The van der Waals surface area contributed by atoms with E-state index in [4.69, 9.17) is 4.42 Å². The molecular formula is C14H15N3O4S. The zero-order chi connectivity index (χ0) is 15.6. The average molecular weight is 321 g/mol. The van der Waals surface area contributed by atoms with Gasteiger partial charge in [-0.15, -0.1) is 0 Å². The molecule has 0 saturated carbocycles. The fourth-order valence-electron chi connectivity index (χ4n) is 2.31. The monoisotopic (exact) mass is 321 g/mol. The van der Waals surface area contributed by atoms with E-state index in [9.17, 15) is 14.7 Å². The van der Waals surface area contributed by atoms with Gasteiger partial charge >= 0.3 is 12.1 Å². The number of carbonyl (C=O) groups excluding carboxylic acids is 2. The summed E-state index contributed by atoms with van der Waals surface area (Å²) in [6, 6.07) is 4.10. The third kappa shape index (κ3) is 2.58. The van der Waals surface area contributed by atoms with Gasteiger partial charge in [-0.25, -0.2) is 14.5 Å². The van der Waals surface area contributed by atoms with Gasteiger partial charge in [0.1, 0.15) is 5.76 Å². The number of aliphatic hydroxyl groups is 1. The molecule has 1 fully saturated rings. The Hall–Kier alpha value is -2.32. The molecule has 0 aliphatic carbocycles. The van der Waals surface area contributed by atoms with Crippen LogP contribution < -0.4 is 10.6 Å². The molecule has 1 atom stereocenters. The van der Waals surface area contributed by atoms with Gasteiger partial charge in [-0.3, -0.25) is 0 Å². The first-order valence-electron chi connectivity index (χ1n) is 6.73. The highest BCUT2D eigenvalue weighted by Gasteiger charge is 2.36. The van der Waals surface area contributed by atoms with Crippen molar-refractivity contribution in [1.82, 2.24) is 15.5 Å². The molecule has 0 spiro atoms. The molecule has 0 radical (unpaired) electrons. The van der Waals surface area contributed by atoms with Gasteiger partial charge in [0, 0.05) is 18.7 Å². The Morgan fingerprint density at radius 2 is 2.41 bits per heavy atom. The van der Waals surface area contributed by atoms with Crippen LogP contribution in [0.4, 0.5) is 9.59 Å². The van der Waals surface area contributed by atoms with E-state index in [2.05, 4.69) is 10.6 Å². The Morgan fingerprint density at radius 3 is 3.00 bits per heavy atom. The number of nitrogens with zero attached hydrogens (tertiary/aromatic N) is 1. The predicted octanol–water partition coefficient (Wildman–Crippen LogP) is 1.31. The number of furan rings is 1. The lowest BCUT2D eigenvalue weighted by atomic mass is 9.93. The molecule has 3 heterocycles. The predicted molar refractivity (Wildman–Crippen MR) is 79.5 cm³/mol. The maximum absolute atomic E-state index is 12.1. The first-order chi connectivity index (χ1) is 10.6. The van der Waals surface area contributed by atoms with Crippen molar-refractivity contribution in [1.29, 1.82) is 0 Å². The van der Waals surface area contributed by atoms with Crippen LogP contribution in [0.2, 0.25) is 0 Å². The molecule has 116 valence electrons. The van der Waals surface area contributed by atoms with Crippen LogP contribution >= 0.6 is 11.3 Å². The molecule has 2 aromatic heterocycles. The van der Waals surface area contributed by atoms with Crippen molar-refractivity contribution in [2.45, 2.75) is 5.60 Å². The van der Waals surface area contributed by atoms with Gasteiger partial charge in [0.15, 0.2) is 5.60 Å². The van der Waals surface area contributed by atoms with Crippen molar-refractivity contribution in [3.05, 3.63) is 46.5 Å². The number of amides is 4. The molecule has 1 saturated heterocycles. The second-order valence-electron chi connectivity index (χ2n) is 4.89. The molecule has 1 aliphatic rings. The van der Waals surface area contributed by atoms with Crippen LogP contribution in [-0.2, 0) is 5.60 Å². The fraction of sp³-hybridized carbons (Fsp3) is 0.286. The van der Waals surface area contributed by atoms with E-state index in [0.717, 1.165) is 4.90 Å². The molecule has 7 nitrogen and oxygen atoms in total. The first-order valence-corrected chi connectivity index (χ1v) is 7.68. The second-order valence-corrected chi connectivity index (χ2v) is 5.67. The van der Waals surface area contributed by atoms with E-state index in [1.54, 1.807) is 23.6 Å². The van der Waals surface area contributed by atoms with E-state index >= 15 is 0 Å². The Morgan fingerprint density at radius 1 is 1.55 bits per heavy atom. The molecule has 8 heteroatoms. The summed E-state index contributed by atoms with van der Waals surface area (Å²) >= 11 is 1.43. The van der Waals surface area contributed by atoms with Gasteiger partial charge in [-0.05, 0) is 29.0 Å². The molecule has 0 aromatic carbocycles. The Labute approximate surface area is 130 Å². The second kappa shape index (κ2) is 5.82. The number of urea groups is 2. The number of rotatable bonds is 4. The highest BCUT2D eigenvalue weighted by Crippen LogP contribution is 2.31. The Kier molecular flexibility index (Phi) is 3.86. The highest BCUT2D eigenvalue weighted by molar-refractivity contribution is 7.08. The van der Waals surface area contributed by atoms with Gasteiger partial charge in [0.2, 0.25) is 0 Å². The number of hydrogen-bond acceptors (Lipinski definition) is 5. The van der Waals surface area contributed by atoms with Crippen molar-refractivity contribution in [3.63, 3.8) is 0 Å². The number of thiophene rings is 1. The minimum atomic E-state index is -1.48. The summed E-state index contributed by atoms with van der Waals surface area (Å²) in [5, 5.41) is 19.7. The zero-order valence-electron chi connectivity index (χ0n) is 11.6. The van der Waals surface area contributed by atoms with E-state index in [-0.39, 0.29) is 6.54 Å². The van der Waals surface area contributed by atoms with Crippen LogP contribution in [-0.4, -0.2) is 41.7 Å². The van der Waals surface area contributed by atoms with Crippen molar-refractivity contribution < 1.29 is 19.1 Å². The van der Waals surface area contributed by atoms with Crippen molar-refractivity contribution >= 4 is 23.4 Å². The largest absolute Gasteiger partial charge is 0.466 e. The minimum Gasteiger partial charge on any atom is -0.466 e. The summed E-state index contributed by atoms with van der Waals surface area (Å²) < 4.78 is 5.31. The van der Waals surface area contributed by atoms with Crippen molar-refractivity contribution in [3.8, 4) is 0 Å². The topological polar surface area (TPSA) is 94.8 Å². The molecular weight excluding hydrogens is 306 g/mol. The van der Waals surface area contributed by atoms with Crippen LogP contribution in [0, 0.1) is 0 Å². The third-order valence-electron chi connectivity index (χ3n) is 3.52. The van der Waals surface area contributed by atoms with Gasteiger partial charge in [0.25, 0.3) is 0 Å². The Bertz CT molecular complexity index is 619. The summed E-state index contributed by atoms with van der Waals surface area (Å²) in [6.45, 7) is 0.640. The van der Waals surface area contributed by atoms with Crippen molar-refractivity contribution in [2.24, 2.45) is 0 Å². The quantitative estimate of drug-likeness (QED) is 0.791. The lowest BCUT2D eigenvalue weighted by molar-refractivity contribution is 0.0581. The summed E-state index contributed by atoms with van der Waals surface area (Å²) in [7, 11) is 0. The van der Waals surface area contributed by atoms with Gasteiger partial charge in [-0.2, -0.15) is 11.3 Å². The van der Waals surface area contributed by atoms with E-state index in [1.807, 2.05) is 5.38 Å².